The van der Waals surface area contributed by atoms with Crippen molar-refractivity contribution >= 4 is 0 Å². The molecule has 0 bridgehead atoms. The largest absolute Gasteiger partial charge is 0.313 e. The lowest BCUT2D eigenvalue weighted by atomic mass is 9.99. The minimum Gasteiger partial charge on any atom is -0.313 e. The minimum atomic E-state index is -0.0909. The van der Waals surface area contributed by atoms with Crippen LogP contribution in [0.1, 0.15) is 36.4 Å². The summed E-state index contributed by atoms with van der Waals surface area (Å²) < 4.78 is 13.1. The van der Waals surface area contributed by atoms with Crippen LogP contribution in [-0.2, 0) is 5.41 Å². The summed E-state index contributed by atoms with van der Waals surface area (Å²) in [6.45, 7) is 0. The molecule has 0 amide bonds. The number of hydrogen-bond acceptors (Lipinski definition) is 1. The zero-order valence-corrected chi connectivity index (χ0v) is 8.31. The first kappa shape index (κ1) is 8.42. The number of halogens is 1. The highest BCUT2D eigenvalue weighted by molar-refractivity contribution is 5.46. The normalized spacial score (nSPS) is 26.6. The van der Waals surface area contributed by atoms with Crippen molar-refractivity contribution in [2.24, 2.45) is 0 Å². The van der Waals surface area contributed by atoms with Gasteiger partial charge in [0.25, 0.3) is 0 Å². The molecule has 1 aromatic rings. The highest BCUT2D eigenvalue weighted by Crippen LogP contribution is 2.59. The molecule has 3 rings (SSSR count). The Morgan fingerprint density at radius 2 is 2.21 bits per heavy atom. The van der Waals surface area contributed by atoms with Crippen molar-refractivity contribution in [2.45, 2.75) is 30.7 Å². The van der Waals surface area contributed by atoms with Crippen molar-refractivity contribution in [1.82, 2.24) is 5.32 Å². The Morgan fingerprint density at radius 1 is 1.43 bits per heavy atom. The number of benzene rings is 1. The summed E-state index contributed by atoms with van der Waals surface area (Å²) in [5.41, 5.74) is 2.91. The number of nitrogens with one attached hydrogen (secondary N) is 1. The van der Waals surface area contributed by atoms with E-state index >= 15 is 0 Å². The summed E-state index contributed by atoms with van der Waals surface area (Å²) in [5, 5.41) is 3.31. The predicted molar refractivity (Wildman–Crippen MR) is 53.7 cm³/mol. The van der Waals surface area contributed by atoms with E-state index in [0.29, 0.717) is 11.5 Å². The summed E-state index contributed by atoms with van der Waals surface area (Å²) in [4.78, 5) is 0. The molecule has 1 aromatic carbocycles. The van der Waals surface area contributed by atoms with Crippen molar-refractivity contribution in [3.63, 3.8) is 0 Å². The molecule has 14 heavy (non-hydrogen) atoms. The second-order valence-corrected chi connectivity index (χ2v) is 4.56. The molecule has 1 nitrogen and oxygen atoms in total. The van der Waals surface area contributed by atoms with Gasteiger partial charge in [0, 0.05) is 6.04 Å². The van der Waals surface area contributed by atoms with Gasteiger partial charge in [0.05, 0.1) is 0 Å². The lowest BCUT2D eigenvalue weighted by molar-refractivity contribution is 0.526. The van der Waals surface area contributed by atoms with Crippen molar-refractivity contribution in [3.8, 4) is 0 Å². The van der Waals surface area contributed by atoms with Crippen LogP contribution in [0.3, 0.4) is 0 Å². The predicted octanol–water partition coefficient (Wildman–Crippen LogP) is 2.52. The molecule has 0 saturated heterocycles. The SMILES string of the molecule is CNC1CC2(CC2)c2cc(F)ccc21. The molecule has 1 saturated carbocycles. The van der Waals surface area contributed by atoms with Crippen LogP contribution in [0.5, 0.6) is 0 Å². The Balaban J connectivity index is 2.14. The first-order chi connectivity index (χ1) is 6.75. The van der Waals surface area contributed by atoms with Gasteiger partial charge >= 0.3 is 0 Å². The zero-order chi connectivity index (χ0) is 9.76. The van der Waals surface area contributed by atoms with Crippen LogP contribution in [0.4, 0.5) is 4.39 Å². The summed E-state index contributed by atoms with van der Waals surface area (Å²) in [6.07, 6.45) is 3.63. The van der Waals surface area contributed by atoms with E-state index in [4.69, 9.17) is 0 Å². The average Bonchev–Trinajstić information content (AvgIpc) is 2.88. The molecule has 0 heterocycles. The van der Waals surface area contributed by atoms with Gasteiger partial charge in [-0.2, -0.15) is 0 Å². The molecule has 1 spiro atoms. The fourth-order valence-electron chi connectivity index (χ4n) is 2.78. The molecule has 1 unspecified atom stereocenters. The number of hydrogen-bond donors (Lipinski definition) is 1. The van der Waals surface area contributed by atoms with Crippen LogP contribution < -0.4 is 5.32 Å². The molecule has 2 aliphatic carbocycles. The average molecular weight is 191 g/mol. The highest BCUT2D eigenvalue weighted by Gasteiger charge is 2.51. The molecule has 2 aliphatic rings. The third-order valence-corrected chi connectivity index (χ3v) is 3.76. The Hall–Kier alpha value is -0.890. The Bertz CT molecular complexity index is 382. The maximum absolute atomic E-state index is 13.1. The van der Waals surface area contributed by atoms with Gasteiger partial charge in [-0.25, -0.2) is 4.39 Å². The molecular weight excluding hydrogens is 177 g/mol. The van der Waals surface area contributed by atoms with Crippen LogP contribution >= 0.6 is 0 Å². The molecular formula is C12H14FN. The molecule has 1 atom stereocenters. The van der Waals surface area contributed by atoms with Crippen molar-refractivity contribution in [1.29, 1.82) is 0 Å². The summed E-state index contributed by atoms with van der Waals surface area (Å²) >= 11 is 0. The number of fused-ring (bicyclic) bond motifs is 2. The van der Waals surface area contributed by atoms with Gasteiger partial charge in [0.15, 0.2) is 0 Å². The van der Waals surface area contributed by atoms with Crippen molar-refractivity contribution < 1.29 is 4.39 Å². The van der Waals surface area contributed by atoms with Gasteiger partial charge in [0.1, 0.15) is 5.82 Å². The molecule has 74 valence electrons. The Morgan fingerprint density at radius 3 is 2.86 bits per heavy atom. The fourth-order valence-corrected chi connectivity index (χ4v) is 2.78. The molecule has 0 aromatic heterocycles. The van der Waals surface area contributed by atoms with E-state index in [1.807, 2.05) is 13.1 Å². The van der Waals surface area contributed by atoms with E-state index in [9.17, 15) is 4.39 Å². The van der Waals surface area contributed by atoms with Crippen LogP contribution in [0.2, 0.25) is 0 Å². The van der Waals surface area contributed by atoms with Crippen molar-refractivity contribution in [2.75, 3.05) is 7.05 Å². The molecule has 2 heteroatoms. The van der Waals surface area contributed by atoms with Gasteiger partial charge in [-0.15, -0.1) is 0 Å². The first-order valence-electron chi connectivity index (χ1n) is 5.22. The fraction of sp³-hybridized carbons (Fsp3) is 0.500. The monoisotopic (exact) mass is 191 g/mol. The zero-order valence-electron chi connectivity index (χ0n) is 8.31. The van der Waals surface area contributed by atoms with E-state index in [0.717, 1.165) is 6.42 Å². The topological polar surface area (TPSA) is 12.0 Å². The minimum absolute atomic E-state index is 0.0909. The van der Waals surface area contributed by atoms with Gasteiger partial charge in [-0.3, -0.25) is 0 Å². The van der Waals surface area contributed by atoms with Gasteiger partial charge in [-0.1, -0.05) is 6.07 Å². The van der Waals surface area contributed by atoms with E-state index < -0.39 is 0 Å². The third-order valence-electron chi connectivity index (χ3n) is 3.76. The Labute approximate surface area is 83.3 Å². The maximum atomic E-state index is 13.1. The van der Waals surface area contributed by atoms with Crippen LogP contribution in [0.15, 0.2) is 18.2 Å². The van der Waals surface area contributed by atoms with Crippen molar-refractivity contribution in [3.05, 3.63) is 35.1 Å². The van der Waals surface area contributed by atoms with E-state index in [-0.39, 0.29) is 5.82 Å². The Kier molecular flexibility index (Phi) is 1.55. The smallest absolute Gasteiger partial charge is 0.123 e. The van der Waals surface area contributed by atoms with Gasteiger partial charge < -0.3 is 5.32 Å². The van der Waals surface area contributed by atoms with E-state index in [1.54, 1.807) is 12.1 Å². The third kappa shape index (κ3) is 0.976. The lowest BCUT2D eigenvalue weighted by Gasteiger charge is -2.09. The maximum Gasteiger partial charge on any atom is 0.123 e. The van der Waals surface area contributed by atoms with Crippen LogP contribution in [0, 0.1) is 5.82 Å². The summed E-state index contributed by atoms with van der Waals surface area (Å²) in [5.74, 6) is -0.0909. The molecule has 1 fully saturated rings. The van der Waals surface area contributed by atoms with Crippen LogP contribution in [0.25, 0.3) is 0 Å². The van der Waals surface area contributed by atoms with E-state index in [2.05, 4.69) is 5.32 Å². The first-order valence-corrected chi connectivity index (χ1v) is 5.22. The van der Waals surface area contributed by atoms with Crippen LogP contribution in [-0.4, -0.2) is 7.05 Å². The second kappa shape index (κ2) is 2.57. The summed E-state index contributed by atoms with van der Waals surface area (Å²) in [6, 6.07) is 5.69. The molecule has 0 radical (unpaired) electrons. The standard InChI is InChI=1S/C12H14FN/c1-14-11-7-12(4-5-12)10-6-8(13)2-3-9(10)11/h2-3,6,11,14H,4-5,7H2,1H3. The number of rotatable bonds is 1. The quantitative estimate of drug-likeness (QED) is 0.719. The van der Waals surface area contributed by atoms with Gasteiger partial charge in [0.2, 0.25) is 0 Å². The highest BCUT2D eigenvalue weighted by atomic mass is 19.1. The molecule has 1 N–H and O–H groups in total. The summed E-state index contributed by atoms with van der Waals surface area (Å²) in [7, 11) is 1.99. The second-order valence-electron chi connectivity index (χ2n) is 4.56. The van der Waals surface area contributed by atoms with Gasteiger partial charge in [-0.05, 0) is 55.0 Å². The molecule has 0 aliphatic heterocycles. The van der Waals surface area contributed by atoms with E-state index in [1.165, 1.54) is 24.0 Å². The lowest BCUT2D eigenvalue weighted by Crippen LogP contribution is -2.13.